The minimum absolute atomic E-state index is 0.329. The van der Waals surface area contributed by atoms with Crippen LogP contribution in [0.1, 0.15) is 10.4 Å². The number of nitrogen functional groups attached to an aromatic ring is 1. The second-order valence-electron chi connectivity index (χ2n) is 3.50. The van der Waals surface area contributed by atoms with Gasteiger partial charge in [0.15, 0.2) is 0 Å². The largest absolute Gasteiger partial charge is 0.323 e. The van der Waals surface area contributed by atoms with Gasteiger partial charge in [-0.1, -0.05) is 23.7 Å². The molecule has 0 saturated carbocycles. The van der Waals surface area contributed by atoms with Crippen LogP contribution in [0.5, 0.6) is 0 Å². The van der Waals surface area contributed by atoms with Gasteiger partial charge >= 0.3 is 0 Å². The number of amides is 1. The maximum Gasteiger partial charge on any atom is 0.259 e. The Morgan fingerprint density at radius 3 is 2.72 bits per heavy atom. The van der Waals surface area contributed by atoms with Crippen LogP contribution >= 0.6 is 11.6 Å². The summed E-state index contributed by atoms with van der Waals surface area (Å²) in [5.41, 5.74) is 3.82. The van der Waals surface area contributed by atoms with Gasteiger partial charge in [-0.15, -0.1) is 0 Å². The number of aromatic nitrogens is 1. The maximum absolute atomic E-state index is 12.0. The smallest absolute Gasteiger partial charge is 0.259 e. The van der Waals surface area contributed by atoms with Crippen molar-refractivity contribution in [2.24, 2.45) is 5.84 Å². The summed E-state index contributed by atoms with van der Waals surface area (Å²) in [5.74, 6) is 5.00. The number of nitrogens with two attached hydrogens (primary N) is 1. The summed E-state index contributed by atoms with van der Waals surface area (Å²) in [6.07, 6.45) is 2.98. The van der Waals surface area contributed by atoms with Crippen molar-refractivity contribution >= 4 is 28.9 Å². The minimum atomic E-state index is -0.329. The summed E-state index contributed by atoms with van der Waals surface area (Å²) in [6.45, 7) is 0. The summed E-state index contributed by atoms with van der Waals surface area (Å²) in [5, 5.41) is 3.16. The van der Waals surface area contributed by atoms with E-state index in [-0.39, 0.29) is 5.91 Å². The Labute approximate surface area is 109 Å². The Bertz CT molecular complexity index is 574. The molecule has 4 N–H and O–H groups in total. The van der Waals surface area contributed by atoms with Crippen molar-refractivity contribution in [1.29, 1.82) is 0 Å². The summed E-state index contributed by atoms with van der Waals surface area (Å²) >= 11 is 5.96. The molecule has 0 saturated heterocycles. The van der Waals surface area contributed by atoms with E-state index in [0.29, 0.717) is 22.0 Å². The molecule has 5 nitrogen and oxygen atoms in total. The number of hydrogen-bond donors (Lipinski definition) is 3. The topological polar surface area (TPSA) is 80.0 Å². The van der Waals surface area contributed by atoms with E-state index in [4.69, 9.17) is 17.4 Å². The predicted molar refractivity (Wildman–Crippen MR) is 71.5 cm³/mol. The molecule has 0 fully saturated rings. The van der Waals surface area contributed by atoms with Crippen LogP contribution < -0.4 is 16.6 Å². The maximum atomic E-state index is 12.0. The van der Waals surface area contributed by atoms with E-state index >= 15 is 0 Å². The molecule has 0 radical (unpaired) electrons. The molecule has 2 aromatic rings. The number of nitrogens with zero attached hydrogens (tertiary/aromatic N) is 1. The number of carbonyl (C=O) groups excluding carboxylic acids is 1. The summed E-state index contributed by atoms with van der Waals surface area (Å²) in [7, 11) is 0. The van der Waals surface area contributed by atoms with E-state index in [2.05, 4.69) is 15.7 Å². The molecule has 0 bridgehead atoms. The molecule has 0 spiro atoms. The molecule has 0 aliphatic rings. The molecule has 6 heteroatoms. The van der Waals surface area contributed by atoms with Gasteiger partial charge in [-0.2, -0.15) is 0 Å². The Morgan fingerprint density at radius 1 is 1.22 bits per heavy atom. The predicted octanol–water partition coefficient (Wildman–Crippen LogP) is 2.27. The fraction of sp³-hybridized carbons (Fsp3) is 0. The SMILES string of the molecule is NNc1ccncc1C(=O)Nc1ccccc1Cl. The lowest BCUT2D eigenvalue weighted by atomic mass is 10.2. The van der Waals surface area contributed by atoms with Crippen LogP contribution in [0, 0.1) is 0 Å². The fourth-order valence-electron chi connectivity index (χ4n) is 1.45. The summed E-state index contributed by atoms with van der Waals surface area (Å²) in [4.78, 5) is 15.9. The Balaban J connectivity index is 2.25. The number of carbonyl (C=O) groups is 1. The summed E-state index contributed by atoms with van der Waals surface area (Å²) in [6, 6.07) is 8.60. The average molecular weight is 263 g/mol. The van der Waals surface area contributed by atoms with Gasteiger partial charge in [-0.3, -0.25) is 15.6 Å². The van der Waals surface area contributed by atoms with Crippen molar-refractivity contribution < 1.29 is 4.79 Å². The number of nitrogens with one attached hydrogen (secondary N) is 2. The Morgan fingerprint density at radius 2 is 2.00 bits per heavy atom. The number of hydrogen-bond acceptors (Lipinski definition) is 4. The molecule has 92 valence electrons. The molecule has 1 amide bonds. The molecule has 0 aliphatic heterocycles. The Kier molecular flexibility index (Phi) is 3.76. The molecule has 0 unspecified atom stereocenters. The number of anilines is 2. The van der Waals surface area contributed by atoms with Crippen molar-refractivity contribution in [2.75, 3.05) is 10.7 Å². The quantitative estimate of drug-likeness (QED) is 0.586. The van der Waals surface area contributed by atoms with Gasteiger partial charge < -0.3 is 10.7 Å². The van der Waals surface area contributed by atoms with E-state index < -0.39 is 0 Å². The van der Waals surface area contributed by atoms with Crippen molar-refractivity contribution in [2.45, 2.75) is 0 Å². The van der Waals surface area contributed by atoms with Crippen molar-refractivity contribution in [3.63, 3.8) is 0 Å². The molecular weight excluding hydrogens is 252 g/mol. The third-order valence-corrected chi connectivity index (χ3v) is 2.67. The third-order valence-electron chi connectivity index (χ3n) is 2.34. The van der Waals surface area contributed by atoms with E-state index in [1.54, 1.807) is 36.5 Å². The monoisotopic (exact) mass is 262 g/mol. The average Bonchev–Trinajstić information content (AvgIpc) is 2.41. The molecule has 0 atom stereocenters. The Hall–Kier alpha value is -2.11. The first-order chi connectivity index (χ1) is 8.72. The van der Waals surface area contributed by atoms with Gasteiger partial charge in [0.25, 0.3) is 5.91 Å². The fourth-order valence-corrected chi connectivity index (χ4v) is 1.64. The first-order valence-electron chi connectivity index (χ1n) is 5.19. The van der Waals surface area contributed by atoms with Crippen molar-refractivity contribution in [3.05, 3.63) is 53.3 Å². The molecule has 1 heterocycles. The van der Waals surface area contributed by atoms with Gasteiger partial charge in [0.1, 0.15) is 0 Å². The van der Waals surface area contributed by atoms with Crippen LogP contribution in [0.15, 0.2) is 42.7 Å². The highest BCUT2D eigenvalue weighted by atomic mass is 35.5. The minimum Gasteiger partial charge on any atom is -0.323 e. The molecule has 1 aromatic carbocycles. The zero-order valence-corrected chi connectivity index (χ0v) is 10.1. The highest BCUT2D eigenvalue weighted by Gasteiger charge is 2.12. The van der Waals surface area contributed by atoms with Crippen LogP contribution in [0.3, 0.4) is 0 Å². The highest BCUT2D eigenvalue weighted by molar-refractivity contribution is 6.34. The lowest BCUT2D eigenvalue weighted by Crippen LogP contribution is -2.17. The van der Waals surface area contributed by atoms with Crippen LogP contribution in [0.25, 0.3) is 0 Å². The van der Waals surface area contributed by atoms with E-state index in [1.807, 2.05) is 0 Å². The van der Waals surface area contributed by atoms with Crippen molar-refractivity contribution in [1.82, 2.24) is 4.98 Å². The number of benzene rings is 1. The van der Waals surface area contributed by atoms with Crippen LogP contribution in [-0.4, -0.2) is 10.9 Å². The van der Waals surface area contributed by atoms with Gasteiger partial charge in [-0.05, 0) is 18.2 Å². The number of para-hydroxylation sites is 1. The van der Waals surface area contributed by atoms with Crippen molar-refractivity contribution in [3.8, 4) is 0 Å². The molecule has 18 heavy (non-hydrogen) atoms. The number of hydrazine groups is 1. The first kappa shape index (κ1) is 12.3. The highest BCUT2D eigenvalue weighted by Crippen LogP contribution is 2.22. The van der Waals surface area contributed by atoms with Gasteiger partial charge in [0.05, 0.1) is 22.0 Å². The zero-order valence-electron chi connectivity index (χ0n) is 9.35. The first-order valence-corrected chi connectivity index (χ1v) is 5.56. The van der Waals surface area contributed by atoms with Gasteiger partial charge in [-0.25, -0.2) is 0 Å². The number of rotatable bonds is 3. The van der Waals surface area contributed by atoms with Crippen LogP contribution in [0.2, 0.25) is 5.02 Å². The van der Waals surface area contributed by atoms with Crippen LogP contribution in [-0.2, 0) is 0 Å². The molecule has 1 aromatic heterocycles. The second-order valence-corrected chi connectivity index (χ2v) is 3.91. The molecule has 0 aliphatic carbocycles. The zero-order chi connectivity index (χ0) is 13.0. The number of halogens is 1. The van der Waals surface area contributed by atoms with E-state index in [0.717, 1.165) is 0 Å². The van der Waals surface area contributed by atoms with E-state index in [1.165, 1.54) is 6.20 Å². The lowest BCUT2D eigenvalue weighted by molar-refractivity contribution is 0.102. The van der Waals surface area contributed by atoms with E-state index in [9.17, 15) is 4.79 Å². The molecule has 2 rings (SSSR count). The van der Waals surface area contributed by atoms with Gasteiger partial charge in [0.2, 0.25) is 0 Å². The standard InChI is InChI=1S/C12H11ClN4O/c13-9-3-1-2-4-11(9)16-12(18)8-7-15-6-5-10(8)17-14/h1-7H,14H2,(H,15,17)(H,16,18). The van der Waals surface area contributed by atoms with Crippen LogP contribution in [0.4, 0.5) is 11.4 Å². The normalized spacial score (nSPS) is 9.89. The molecular formula is C12H11ClN4O. The third kappa shape index (κ3) is 2.58. The number of pyridine rings is 1. The second kappa shape index (κ2) is 5.48. The summed E-state index contributed by atoms with van der Waals surface area (Å²) < 4.78 is 0. The van der Waals surface area contributed by atoms with Gasteiger partial charge in [0, 0.05) is 12.4 Å². The lowest BCUT2D eigenvalue weighted by Gasteiger charge is -2.09.